The molecule has 0 fully saturated rings. The molecule has 1 atom stereocenters. The van der Waals surface area contributed by atoms with Gasteiger partial charge in [0.25, 0.3) is 0 Å². The molecule has 0 amide bonds. The standard InChI is InChI=1S/C21H30O8P2/c1-14-7-5-8-15(2)18(14)20(29-19-16(3)9-6-10-17(19)4)21(11-22,12-27-30(23)24)13-28-31(25)26/h5-10,20,22-26H,11-13H2,1-4H3. The highest BCUT2D eigenvalue weighted by Gasteiger charge is 2.45. The van der Waals surface area contributed by atoms with Gasteiger partial charge in [-0.25, -0.2) is 0 Å². The molecule has 0 aromatic heterocycles. The van der Waals surface area contributed by atoms with Crippen LogP contribution < -0.4 is 4.74 Å². The maximum Gasteiger partial charge on any atom is 0.327 e. The molecule has 10 heteroatoms. The Bertz CT molecular complexity index is 807. The predicted molar refractivity (Wildman–Crippen MR) is 119 cm³/mol. The Morgan fingerprint density at radius 1 is 0.774 bits per heavy atom. The summed E-state index contributed by atoms with van der Waals surface area (Å²) in [6.07, 6.45) is -0.858. The summed E-state index contributed by atoms with van der Waals surface area (Å²) in [5, 5.41) is 10.5. The number of ether oxygens (including phenoxy) is 1. The van der Waals surface area contributed by atoms with E-state index in [1.807, 2.05) is 64.1 Å². The molecule has 2 aromatic rings. The van der Waals surface area contributed by atoms with Crippen LogP contribution in [-0.2, 0) is 9.05 Å². The lowest BCUT2D eigenvalue weighted by Gasteiger charge is -2.40. The fourth-order valence-electron chi connectivity index (χ4n) is 3.57. The second kappa shape index (κ2) is 11.6. The molecule has 0 aliphatic heterocycles. The van der Waals surface area contributed by atoms with E-state index in [-0.39, 0.29) is 13.2 Å². The molecular formula is C21H30O8P2. The number of hydrogen-bond donors (Lipinski definition) is 5. The van der Waals surface area contributed by atoms with Crippen LogP contribution in [0.5, 0.6) is 5.75 Å². The van der Waals surface area contributed by atoms with Crippen molar-refractivity contribution in [3.8, 4) is 5.75 Å². The van der Waals surface area contributed by atoms with Crippen LogP contribution in [0.1, 0.15) is 33.9 Å². The van der Waals surface area contributed by atoms with Gasteiger partial charge in [0.15, 0.2) is 0 Å². The molecule has 172 valence electrons. The van der Waals surface area contributed by atoms with E-state index >= 15 is 0 Å². The highest BCUT2D eigenvalue weighted by atomic mass is 31.2. The second-order valence-electron chi connectivity index (χ2n) is 7.60. The third-order valence-corrected chi connectivity index (χ3v) is 5.97. The number of hydrogen-bond acceptors (Lipinski definition) is 8. The highest BCUT2D eigenvalue weighted by Crippen LogP contribution is 2.46. The lowest BCUT2D eigenvalue weighted by molar-refractivity contribution is -0.0662. The summed E-state index contributed by atoms with van der Waals surface area (Å²) < 4.78 is 16.7. The largest absolute Gasteiger partial charge is 0.484 e. The van der Waals surface area contributed by atoms with E-state index in [1.165, 1.54) is 0 Å². The van der Waals surface area contributed by atoms with E-state index in [9.17, 15) is 24.7 Å². The van der Waals surface area contributed by atoms with Gasteiger partial charge in [0.1, 0.15) is 11.9 Å². The normalized spacial score (nSPS) is 13.1. The van der Waals surface area contributed by atoms with Crippen LogP contribution in [0.2, 0.25) is 0 Å². The van der Waals surface area contributed by atoms with Crippen LogP contribution in [-0.4, -0.2) is 44.5 Å². The summed E-state index contributed by atoms with van der Waals surface area (Å²) in [5.41, 5.74) is 2.93. The lowest BCUT2D eigenvalue weighted by atomic mass is 9.78. The van der Waals surface area contributed by atoms with Gasteiger partial charge in [0.2, 0.25) is 0 Å². The van der Waals surface area contributed by atoms with Gasteiger partial charge in [-0.3, -0.25) is 0 Å². The van der Waals surface area contributed by atoms with E-state index in [2.05, 4.69) is 0 Å². The van der Waals surface area contributed by atoms with Crippen molar-refractivity contribution in [1.29, 1.82) is 0 Å². The molecule has 1 unspecified atom stereocenters. The average molecular weight is 472 g/mol. The first-order valence-corrected chi connectivity index (χ1v) is 12.0. The van der Waals surface area contributed by atoms with Gasteiger partial charge in [-0.15, -0.1) is 0 Å². The SMILES string of the molecule is Cc1cccc(C)c1OC(c1c(C)cccc1C)C(CO)(COP(O)O)COP(O)O. The number of para-hydroxylation sites is 1. The fraction of sp³-hybridized carbons (Fsp3) is 0.429. The summed E-state index contributed by atoms with van der Waals surface area (Å²) in [6.45, 7) is 6.37. The molecule has 0 bridgehead atoms. The zero-order chi connectivity index (χ0) is 23.2. The first kappa shape index (κ1) is 26.1. The Morgan fingerprint density at radius 2 is 1.19 bits per heavy atom. The minimum absolute atomic E-state index is 0.352. The minimum atomic E-state index is -2.72. The van der Waals surface area contributed by atoms with Gasteiger partial charge in [-0.1, -0.05) is 36.4 Å². The molecule has 0 saturated carbocycles. The molecule has 5 N–H and O–H groups in total. The minimum Gasteiger partial charge on any atom is -0.484 e. The summed E-state index contributed by atoms with van der Waals surface area (Å²) in [6, 6.07) is 11.4. The summed E-state index contributed by atoms with van der Waals surface area (Å²) in [7, 11) is -5.44. The third-order valence-electron chi connectivity index (χ3n) is 5.25. The average Bonchev–Trinajstić information content (AvgIpc) is 2.70. The molecular weight excluding hydrogens is 442 g/mol. The van der Waals surface area contributed by atoms with Gasteiger partial charge in [-0.05, 0) is 55.5 Å². The maximum absolute atomic E-state index is 10.5. The summed E-state index contributed by atoms with van der Waals surface area (Å²) in [4.78, 5) is 37.5. The van der Waals surface area contributed by atoms with E-state index in [0.717, 1.165) is 27.8 Å². The maximum atomic E-state index is 10.5. The fourth-order valence-corrected chi connectivity index (χ4v) is 4.32. The number of aliphatic hydroxyl groups excluding tert-OH is 1. The molecule has 0 aliphatic rings. The third kappa shape index (κ3) is 6.65. The Morgan fingerprint density at radius 3 is 1.58 bits per heavy atom. The summed E-state index contributed by atoms with van der Waals surface area (Å²) in [5.74, 6) is 0.610. The van der Waals surface area contributed by atoms with Crippen LogP contribution in [0.25, 0.3) is 0 Å². The quantitative estimate of drug-likeness (QED) is 0.315. The predicted octanol–water partition coefficient (Wildman–Crippen LogP) is 3.48. The van der Waals surface area contributed by atoms with Crippen molar-refractivity contribution in [2.24, 2.45) is 5.41 Å². The molecule has 0 spiro atoms. The number of aryl methyl sites for hydroxylation is 4. The molecule has 0 heterocycles. The molecule has 2 rings (SSSR count). The number of rotatable bonds is 11. The Balaban J connectivity index is 2.68. The van der Waals surface area contributed by atoms with Gasteiger partial charge >= 0.3 is 17.2 Å². The molecule has 31 heavy (non-hydrogen) atoms. The second-order valence-corrected chi connectivity index (χ2v) is 9.12. The van der Waals surface area contributed by atoms with Crippen molar-refractivity contribution in [3.05, 3.63) is 64.2 Å². The van der Waals surface area contributed by atoms with Crippen LogP contribution in [0.15, 0.2) is 36.4 Å². The lowest BCUT2D eigenvalue weighted by Crippen LogP contribution is -2.44. The topological polar surface area (TPSA) is 129 Å². The van der Waals surface area contributed by atoms with Crippen LogP contribution in [0.4, 0.5) is 0 Å². The van der Waals surface area contributed by atoms with Gasteiger partial charge in [-0.2, -0.15) is 0 Å². The Kier molecular flexibility index (Phi) is 9.77. The van der Waals surface area contributed by atoms with Crippen molar-refractivity contribution in [2.75, 3.05) is 19.8 Å². The van der Waals surface area contributed by atoms with E-state index in [0.29, 0.717) is 5.75 Å². The zero-order valence-corrected chi connectivity index (χ0v) is 19.8. The molecule has 0 radical (unpaired) electrons. The molecule has 0 aliphatic carbocycles. The highest BCUT2D eigenvalue weighted by molar-refractivity contribution is 7.39. The molecule has 2 aromatic carbocycles. The number of benzene rings is 2. The van der Waals surface area contributed by atoms with Gasteiger partial charge in [0, 0.05) is 0 Å². The molecule has 0 saturated heterocycles. The van der Waals surface area contributed by atoms with E-state index in [4.69, 9.17) is 13.8 Å². The van der Waals surface area contributed by atoms with E-state index in [1.54, 1.807) is 0 Å². The molecule has 8 nitrogen and oxygen atoms in total. The van der Waals surface area contributed by atoms with Gasteiger partial charge < -0.3 is 38.5 Å². The zero-order valence-electron chi connectivity index (χ0n) is 18.0. The first-order chi connectivity index (χ1) is 14.6. The Labute approximate surface area is 185 Å². The number of aliphatic hydroxyl groups is 1. The van der Waals surface area contributed by atoms with Crippen LogP contribution in [0, 0.1) is 33.1 Å². The van der Waals surface area contributed by atoms with Crippen LogP contribution >= 0.6 is 17.2 Å². The van der Waals surface area contributed by atoms with Crippen molar-refractivity contribution >= 4 is 17.2 Å². The van der Waals surface area contributed by atoms with Crippen LogP contribution in [0.3, 0.4) is 0 Å². The first-order valence-electron chi connectivity index (χ1n) is 9.62. The Hall–Kier alpha value is -1.18. The van der Waals surface area contributed by atoms with Crippen molar-refractivity contribution in [3.63, 3.8) is 0 Å². The monoisotopic (exact) mass is 472 g/mol. The van der Waals surface area contributed by atoms with Gasteiger partial charge in [0.05, 0.1) is 25.2 Å². The van der Waals surface area contributed by atoms with E-state index < -0.39 is 35.3 Å². The van der Waals surface area contributed by atoms with Crippen molar-refractivity contribution < 1.29 is 38.5 Å². The summed E-state index contributed by atoms with van der Waals surface area (Å²) >= 11 is 0. The van der Waals surface area contributed by atoms with Crippen molar-refractivity contribution in [1.82, 2.24) is 0 Å². The smallest absolute Gasteiger partial charge is 0.327 e. The van der Waals surface area contributed by atoms with Crippen molar-refractivity contribution in [2.45, 2.75) is 33.8 Å².